The summed E-state index contributed by atoms with van der Waals surface area (Å²) >= 11 is 0. The van der Waals surface area contributed by atoms with Crippen LogP contribution in [0.1, 0.15) is 23.1 Å². The molecule has 2 aromatic rings. The zero-order valence-corrected chi connectivity index (χ0v) is 11.2. The molecule has 2 rings (SSSR count). The molecule has 0 aliphatic carbocycles. The molecule has 102 valence electrons. The van der Waals surface area contributed by atoms with Gasteiger partial charge in [-0.2, -0.15) is 0 Å². The lowest BCUT2D eigenvalue weighted by Crippen LogP contribution is -2.12. The van der Waals surface area contributed by atoms with Crippen molar-refractivity contribution in [3.63, 3.8) is 0 Å². The third-order valence-electron chi connectivity index (χ3n) is 2.73. The Kier molecular flexibility index (Phi) is 4.94. The van der Waals surface area contributed by atoms with Crippen LogP contribution >= 0.6 is 12.4 Å². The molecule has 5 nitrogen and oxygen atoms in total. The van der Waals surface area contributed by atoms with Crippen LogP contribution in [-0.4, -0.2) is 25.5 Å². The smallest absolute Gasteiger partial charge is 0.182 e. The standard InChI is InChI=1S/C13H14N2O3.ClH/c1-2-13-14-5-6-15(13)8-12(18)9-3-4-10(16)11(17)7-9;/h3-7,16-17H,2,8H2,1H3;1H. The average Bonchev–Trinajstić information content (AvgIpc) is 2.79. The Morgan fingerprint density at radius 3 is 2.68 bits per heavy atom. The van der Waals surface area contributed by atoms with Gasteiger partial charge in [0.05, 0.1) is 6.54 Å². The number of carbonyl (C=O) groups is 1. The highest BCUT2D eigenvalue weighted by molar-refractivity contribution is 5.96. The molecule has 0 unspecified atom stereocenters. The van der Waals surface area contributed by atoms with E-state index in [0.717, 1.165) is 12.2 Å². The second-order valence-electron chi connectivity index (χ2n) is 3.95. The Hall–Kier alpha value is -2.01. The Bertz CT molecular complexity index is 581. The second kappa shape index (κ2) is 6.24. The molecule has 0 bridgehead atoms. The second-order valence-corrected chi connectivity index (χ2v) is 3.95. The lowest BCUT2D eigenvalue weighted by atomic mass is 10.1. The molecule has 0 saturated carbocycles. The minimum absolute atomic E-state index is 0. The van der Waals surface area contributed by atoms with Crippen molar-refractivity contribution in [2.24, 2.45) is 0 Å². The highest BCUT2D eigenvalue weighted by atomic mass is 35.5. The first kappa shape index (κ1) is 15.0. The first-order valence-electron chi connectivity index (χ1n) is 5.67. The van der Waals surface area contributed by atoms with E-state index < -0.39 is 0 Å². The number of aromatic nitrogens is 2. The lowest BCUT2D eigenvalue weighted by Gasteiger charge is -2.06. The van der Waals surface area contributed by atoms with Gasteiger partial charge in [0.2, 0.25) is 0 Å². The number of aromatic hydroxyl groups is 2. The maximum absolute atomic E-state index is 12.0. The summed E-state index contributed by atoms with van der Waals surface area (Å²) in [5, 5.41) is 18.5. The van der Waals surface area contributed by atoms with E-state index in [4.69, 9.17) is 0 Å². The molecule has 0 atom stereocenters. The van der Waals surface area contributed by atoms with E-state index in [0.29, 0.717) is 5.56 Å². The monoisotopic (exact) mass is 282 g/mol. The first-order valence-corrected chi connectivity index (χ1v) is 5.67. The highest BCUT2D eigenvalue weighted by Gasteiger charge is 2.11. The van der Waals surface area contributed by atoms with Gasteiger partial charge >= 0.3 is 0 Å². The van der Waals surface area contributed by atoms with Crippen molar-refractivity contribution in [2.45, 2.75) is 19.9 Å². The van der Waals surface area contributed by atoms with Gasteiger partial charge in [0.15, 0.2) is 17.3 Å². The number of carbonyl (C=O) groups excluding carboxylic acids is 1. The molecule has 0 amide bonds. The largest absolute Gasteiger partial charge is 0.504 e. The van der Waals surface area contributed by atoms with Crippen molar-refractivity contribution in [1.29, 1.82) is 0 Å². The highest BCUT2D eigenvalue weighted by Crippen LogP contribution is 2.25. The molecule has 0 saturated heterocycles. The van der Waals surface area contributed by atoms with Gasteiger partial charge in [0.25, 0.3) is 0 Å². The molecule has 1 heterocycles. The van der Waals surface area contributed by atoms with E-state index in [-0.39, 0.29) is 36.2 Å². The molecule has 1 aromatic heterocycles. The summed E-state index contributed by atoms with van der Waals surface area (Å²) in [7, 11) is 0. The molecule has 2 N–H and O–H groups in total. The normalized spacial score (nSPS) is 9.95. The van der Waals surface area contributed by atoms with Crippen LogP contribution < -0.4 is 0 Å². The molecule has 19 heavy (non-hydrogen) atoms. The SMILES string of the molecule is CCc1nccn1CC(=O)c1ccc(O)c(O)c1.Cl. The maximum atomic E-state index is 12.0. The summed E-state index contributed by atoms with van der Waals surface area (Å²) in [6, 6.07) is 4.05. The Labute approximate surface area is 116 Å². The third kappa shape index (κ3) is 3.26. The first-order chi connectivity index (χ1) is 8.61. The van der Waals surface area contributed by atoms with E-state index in [1.165, 1.54) is 18.2 Å². The zero-order valence-electron chi connectivity index (χ0n) is 10.4. The van der Waals surface area contributed by atoms with Gasteiger partial charge in [-0.1, -0.05) is 6.92 Å². The van der Waals surface area contributed by atoms with E-state index in [9.17, 15) is 15.0 Å². The van der Waals surface area contributed by atoms with Crippen molar-refractivity contribution in [3.8, 4) is 11.5 Å². The molecule has 0 aliphatic heterocycles. The number of halogens is 1. The number of benzene rings is 1. The minimum Gasteiger partial charge on any atom is -0.504 e. The van der Waals surface area contributed by atoms with Crippen LogP contribution in [0, 0.1) is 0 Å². The summed E-state index contributed by atoms with van der Waals surface area (Å²) < 4.78 is 1.77. The van der Waals surface area contributed by atoms with Gasteiger partial charge in [0, 0.05) is 24.4 Å². The van der Waals surface area contributed by atoms with Crippen LogP contribution in [0.3, 0.4) is 0 Å². The van der Waals surface area contributed by atoms with Gasteiger partial charge in [-0.15, -0.1) is 12.4 Å². The number of hydrogen-bond donors (Lipinski definition) is 2. The number of imidazole rings is 1. The average molecular weight is 283 g/mol. The maximum Gasteiger partial charge on any atom is 0.182 e. The Morgan fingerprint density at radius 1 is 1.32 bits per heavy atom. The van der Waals surface area contributed by atoms with Crippen LogP contribution in [0.2, 0.25) is 0 Å². The molecule has 1 aromatic carbocycles. The number of aryl methyl sites for hydroxylation is 1. The van der Waals surface area contributed by atoms with E-state index in [1.807, 2.05) is 6.92 Å². The fraction of sp³-hybridized carbons (Fsp3) is 0.231. The molecule has 6 heteroatoms. The number of Topliss-reactive ketones (excluding diaryl/α,β-unsaturated/α-hetero) is 1. The third-order valence-corrected chi connectivity index (χ3v) is 2.73. The van der Waals surface area contributed by atoms with Gasteiger partial charge in [0.1, 0.15) is 5.82 Å². The number of ketones is 1. The Morgan fingerprint density at radius 2 is 2.05 bits per heavy atom. The van der Waals surface area contributed by atoms with Crippen molar-refractivity contribution in [1.82, 2.24) is 9.55 Å². The summed E-state index contributed by atoms with van der Waals surface area (Å²) in [4.78, 5) is 16.1. The predicted octanol–water partition coefficient (Wildman–Crippen LogP) is 2.16. The van der Waals surface area contributed by atoms with Gasteiger partial charge < -0.3 is 14.8 Å². The zero-order chi connectivity index (χ0) is 13.1. The number of rotatable bonds is 4. The fourth-order valence-electron chi connectivity index (χ4n) is 1.74. The molecular formula is C13H15ClN2O3. The van der Waals surface area contributed by atoms with Crippen LogP contribution in [0.25, 0.3) is 0 Å². The van der Waals surface area contributed by atoms with Gasteiger partial charge in [-0.05, 0) is 18.2 Å². The molecule has 0 spiro atoms. The quantitative estimate of drug-likeness (QED) is 0.666. The lowest BCUT2D eigenvalue weighted by molar-refractivity contribution is 0.0970. The number of phenols is 2. The van der Waals surface area contributed by atoms with Crippen molar-refractivity contribution in [3.05, 3.63) is 42.0 Å². The van der Waals surface area contributed by atoms with Crippen LogP contribution in [-0.2, 0) is 13.0 Å². The fourth-order valence-corrected chi connectivity index (χ4v) is 1.74. The van der Waals surface area contributed by atoms with E-state index >= 15 is 0 Å². The van der Waals surface area contributed by atoms with Crippen molar-refractivity contribution in [2.75, 3.05) is 0 Å². The van der Waals surface area contributed by atoms with Gasteiger partial charge in [-0.3, -0.25) is 4.79 Å². The number of nitrogens with zero attached hydrogens (tertiary/aromatic N) is 2. The van der Waals surface area contributed by atoms with Crippen LogP contribution in [0.5, 0.6) is 11.5 Å². The van der Waals surface area contributed by atoms with Crippen LogP contribution in [0.15, 0.2) is 30.6 Å². The predicted molar refractivity (Wildman–Crippen MR) is 73.0 cm³/mol. The van der Waals surface area contributed by atoms with Crippen molar-refractivity contribution < 1.29 is 15.0 Å². The molecule has 0 radical (unpaired) electrons. The van der Waals surface area contributed by atoms with E-state index in [2.05, 4.69) is 4.98 Å². The minimum atomic E-state index is -0.290. The molecule has 0 fully saturated rings. The molecular weight excluding hydrogens is 268 g/mol. The van der Waals surface area contributed by atoms with Gasteiger partial charge in [-0.25, -0.2) is 4.98 Å². The summed E-state index contributed by atoms with van der Waals surface area (Å²) in [6.45, 7) is 2.14. The summed E-state index contributed by atoms with van der Waals surface area (Å²) in [5.74, 6) is 0.176. The Balaban J connectivity index is 0.00000180. The number of hydrogen-bond acceptors (Lipinski definition) is 4. The topological polar surface area (TPSA) is 75.4 Å². The summed E-state index contributed by atoms with van der Waals surface area (Å²) in [6.07, 6.45) is 4.15. The summed E-state index contributed by atoms with van der Waals surface area (Å²) in [5.41, 5.74) is 0.362. The molecule has 0 aliphatic rings. The van der Waals surface area contributed by atoms with Crippen LogP contribution in [0.4, 0.5) is 0 Å². The van der Waals surface area contributed by atoms with Crippen molar-refractivity contribution >= 4 is 18.2 Å². The number of phenolic OH excluding ortho intramolecular Hbond substituents is 2. The van der Waals surface area contributed by atoms with E-state index in [1.54, 1.807) is 17.0 Å².